The van der Waals surface area contributed by atoms with Gasteiger partial charge in [0.2, 0.25) is 5.88 Å². The first-order chi connectivity index (χ1) is 12.6. The average Bonchev–Trinajstić information content (AvgIpc) is 2.65. The largest absolute Gasteiger partial charge is 0.490 e. The molecule has 0 aliphatic carbocycles. The Morgan fingerprint density at radius 2 is 2.19 bits per heavy atom. The van der Waals surface area contributed by atoms with Crippen molar-refractivity contribution in [3.63, 3.8) is 0 Å². The van der Waals surface area contributed by atoms with Crippen molar-refractivity contribution in [2.45, 2.75) is 6.42 Å². The molecule has 0 amide bonds. The van der Waals surface area contributed by atoms with Gasteiger partial charge in [-0.15, -0.1) is 0 Å². The molecule has 6 heteroatoms. The maximum atomic E-state index is 6.08. The molecule has 0 bridgehead atoms. The molecule has 0 saturated heterocycles. The van der Waals surface area contributed by atoms with E-state index in [1.54, 1.807) is 6.08 Å². The lowest BCUT2D eigenvalue weighted by atomic mass is 10.0. The lowest BCUT2D eigenvalue weighted by Gasteiger charge is -2.20. The minimum absolute atomic E-state index is 0.444. The molecule has 0 radical (unpaired) electrons. The van der Waals surface area contributed by atoms with Crippen LogP contribution < -0.4 is 9.47 Å². The zero-order valence-electron chi connectivity index (χ0n) is 13.8. The van der Waals surface area contributed by atoms with Gasteiger partial charge in [0.1, 0.15) is 28.6 Å². The maximum absolute atomic E-state index is 6.08. The van der Waals surface area contributed by atoms with Gasteiger partial charge in [-0.25, -0.2) is 4.98 Å². The quantitative estimate of drug-likeness (QED) is 0.362. The second-order valence-electron chi connectivity index (χ2n) is 5.86. The van der Waals surface area contributed by atoms with E-state index < -0.39 is 0 Å². The summed E-state index contributed by atoms with van der Waals surface area (Å²) in [6.45, 7) is 4.10. The molecule has 1 aliphatic heterocycles. The highest BCUT2D eigenvalue weighted by molar-refractivity contribution is 7.71. The van der Waals surface area contributed by atoms with E-state index in [9.17, 15) is 0 Å². The van der Waals surface area contributed by atoms with E-state index >= 15 is 0 Å². The minimum atomic E-state index is 0.444. The zero-order valence-corrected chi connectivity index (χ0v) is 15.4. The molecule has 130 valence electrons. The number of hydrogen-bond donors (Lipinski definition) is 1. The Morgan fingerprint density at radius 3 is 3.04 bits per heavy atom. The smallest absolute Gasteiger partial charge is 0.205 e. The Labute approximate surface area is 161 Å². The van der Waals surface area contributed by atoms with Gasteiger partial charge in [0.25, 0.3) is 0 Å². The van der Waals surface area contributed by atoms with Crippen LogP contribution in [0.3, 0.4) is 0 Å². The molecule has 0 fully saturated rings. The first-order valence-electron chi connectivity index (χ1n) is 8.07. The van der Waals surface area contributed by atoms with E-state index in [4.69, 9.17) is 33.3 Å². The standard InChI is InChI=1S/C20H15ClN2O2S/c1-2-8-24-15-5-3-4-12(10-15)18-22-19-16(20(26)23-18)11-13-9-14(21)6-7-17(13)25-19/h2-7,9-10H,1,8,11H2,(H,22,23,26). The Morgan fingerprint density at radius 1 is 1.31 bits per heavy atom. The van der Waals surface area contributed by atoms with Crippen molar-refractivity contribution in [3.05, 3.63) is 75.9 Å². The van der Waals surface area contributed by atoms with Crippen molar-refractivity contribution in [2.24, 2.45) is 0 Å². The molecule has 0 unspecified atom stereocenters. The molecule has 1 aliphatic rings. The number of H-pyrrole nitrogens is 1. The number of nitrogens with zero attached hydrogens (tertiary/aromatic N) is 1. The number of aromatic nitrogens is 2. The zero-order chi connectivity index (χ0) is 18.1. The number of aromatic amines is 1. The fourth-order valence-electron chi connectivity index (χ4n) is 2.83. The lowest BCUT2D eigenvalue weighted by molar-refractivity contribution is 0.363. The highest BCUT2D eigenvalue weighted by atomic mass is 35.5. The molecule has 1 aromatic heterocycles. The third kappa shape index (κ3) is 3.23. The Hall–Kier alpha value is -2.63. The van der Waals surface area contributed by atoms with E-state index in [1.165, 1.54) is 0 Å². The third-order valence-electron chi connectivity index (χ3n) is 4.05. The van der Waals surface area contributed by atoms with Crippen molar-refractivity contribution >= 4 is 23.8 Å². The molecule has 1 N–H and O–H groups in total. The number of hydrogen-bond acceptors (Lipinski definition) is 4. The minimum Gasteiger partial charge on any atom is -0.490 e. The molecular weight excluding hydrogens is 368 g/mol. The van der Waals surface area contributed by atoms with Crippen LogP contribution in [0.25, 0.3) is 11.4 Å². The van der Waals surface area contributed by atoms with Crippen LogP contribution in [0, 0.1) is 4.64 Å². The van der Waals surface area contributed by atoms with Crippen LogP contribution in [-0.4, -0.2) is 16.6 Å². The van der Waals surface area contributed by atoms with Crippen LogP contribution in [0.4, 0.5) is 0 Å². The topological polar surface area (TPSA) is 47.1 Å². The monoisotopic (exact) mass is 382 g/mol. The van der Waals surface area contributed by atoms with E-state index in [1.807, 2.05) is 42.5 Å². The van der Waals surface area contributed by atoms with Gasteiger partial charge in [-0.1, -0.05) is 48.6 Å². The fraction of sp³-hybridized carbons (Fsp3) is 0.100. The van der Waals surface area contributed by atoms with Crippen molar-refractivity contribution in [1.29, 1.82) is 0 Å². The molecule has 3 aromatic rings. The SMILES string of the molecule is C=CCOc1cccc(-c2nc(=S)c3c([nH]2)Oc2ccc(Cl)cc2C3)c1. The summed E-state index contributed by atoms with van der Waals surface area (Å²) in [5.41, 5.74) is 2.72. The predicted octanol–water partition coefficient (Wildman–Crippen LogP) is 5.72. The van der Waals surface area contributed by atoms with Crippen LogP contribution in [-0.2, 0) is 6.42 Å². The fourth-order valence-corrected chi connectivity index (χ4v) is 3.28. The second-order valence-corrected chi connectivity index (χ2v) is 6.68. The molecule has 4 nitrogen and oxygen atoms in total. The molecule has 0 atom stereocenters. The molecule has 4 rings (SSSR count). The number of benzene rings is 2. The van der Waals surface area contributed by atoms with Crippen LogP contribution in [0.5, 0.6) is 17.4 Å². The summed E-state index contributed by atoms with van der Waals surface area (Å²) in [6, 6.07) is 13.2. The predicted molar refractivity (Wildman–Crippen MR) is 105 cm³/mol. The highest BCUT2D eigenvalue weighted by Crippen LogP contribution is 2.37. The number of rotatable bonds is 4. The first-order valence-corrected chi connectivity index (χ1v) is 8.86. The van der Waals surface area contributed by atoms with Crippen molar-refractivity contribution in [1.82, 2.24) is 9.97 Å². The van der Waals surface area contributed by atoms with Gasteiger partial charge in [-0.2, -0.15) is 0 Å². The van der Waals surface area contributed by atoms with E-state index in [-0.39, 0.29) is 0 Å². The van der Waals surface area contributed by atoms with Crippen molar-refractivity contribution in [2.75, 3.05) is 6.61 Å². The Bertz CT molecular complexity index is 1060. The van der Waals surface area contributed by atoms with Crippen LogP contribution in [0.2, 0.25) is 5.02 Å². The van der Waals surface area contributed by atoms with Gasteiger partial charge in [0, 0.05) is 22.6 Å². The molecular formula is C20H15ClN2O2S. The van der Waals surface area contributed by atoms with Crippen molar-refractivity contribution in [3.8, 4) is 28.8 Å². The van der Waals surface area contributed by atoms with Gasteiger partial charge in [0.05, 0.1) is 5.56 Å². The van der Waals surface area contributed by atoms with E-state index in [2.05, 4.69) is 16.5 Å². The lowest BCUT2D eigenvalue weighted by Crippen LogP contribution is -2.08. The van der Waals surface area contributed by atoms with Crippen LogP contribution >= 0.6 is 23.8 Å². The molecule has 2 heterocycles. The van der Waals surface area contributed by atoms with Crippen LogP contribution in [0.15, 0.2) is 55.1 Å². The number of halogens is 1. The molecule has 2 aromatic carbocycles. The third-order valence-corrected chi connectivity index (χ3v) is 4.63. The summed E-state index contributed by atoms with van der Waals surface area (Å²) in [5, 5.41) is 0.673. The maximum Gasteiger partial charge on any atom is 0.205 e. The van der Waals surface area contributed by atoms with Gasteiger partial charge >= 0.3 is 0 Å². The summed E-state index contributed by atoms with van der Waals surface area (Å²) in [6.07, 6.45) is 2.34. The van der Waals surface area contributed by atoms with Gasteiger partial charge < -0.3 is 14.5 Å². The number of nitrogens with one attached hydrogen (secondary N) is 1. The molecule has 26 heavy (non-hydrogen) atoms. The van der Waals surface area contributed by atoms with Gasteiger partial charge in [0.15, 0.2) is 0 Å². The first kappa shape index (κ1) is 16.8. The Kier molecular flexibility index (Phi) is 4.49. The average molecular weight is 383 g/mol. The summed E-state index contributed by atoms with van der Waals surface area (Å²) in [5.74, 6) is 2.76. The normalized spacial score (nSPS) is 11.9. The summed E-state index contributed by atoms with van der Waals surface area (Å²) in [7, 11) is 0. The van der Waals surface area contributed by atoms with Gasteiger partial charge in [-0.05, 0) is 30.3 Å². The summed E-state index contributed by atoms with van der Waals surface area (Å²) >= 11 is 11.6. The number of ether oxygens (including phenoxy) is 2. The molecule has 0 spiro atoms. The van der Waals surface area contributed by atoms with Gasteiger partial charge in [-0.3, -0.25) is 0 Å². The number of fused-ring (bicyclic) bond motifs is 2. The molecule has 0 saturated carbocycles. The Balaban J connectivity index is 1.73. The summed E-state index contributed by atoms with van der Waals surface area (Å²) < 4.78 is 12.1. The van der Waals surface area contributed by atoms with Crippen LogP contribution in [0.1, 0.15) is 11.1 Å². The van der Waals surface area contributed by atoms with E-state index in [0.29, 0.717) is 34.4 Å². The van der Waals surface area contributed by atoms with E-state index in [0.717, 1.165) is 28.2 Å². The highest BCUT2D eigenvalue weighted by Gasteiger charge is 2.21. The summed E-state index contributed by atoms with van der Waals surface area (Å²) in [4.78, 5) is 7.80. The van der Waals surface area contributed by atoms with Crippen molar-refractivity contribution < 1.29 is 9.47 Å². The second kappa shape index (κ2) is 6.94.